The van der Waals surface area contributed by atoms with E-state index in [0.29, 0.717) is 23.7 Å². The summed E-state index contributed by atoms with van der Waals surface area (Å²) in [6.07, 6.45) is 2.28. The fraction of sp³-hybridized carbons (Fsp3) is 0.628. The Kier molecular flexibility index (Phi) is 16.3. The average molecular weight is 853 g/mol. The van der Waals surface area contributed by atoms with E-state index in [-0.39, 0.29) is 47.6 Å². The summed E-state index contributed by atoms with van der Waals surface area (Å²) in [5, 5.41) is 17.8. The third-order valence-corrected chi connectivity index (χ3v) is 12.6. The lowest BCUT2D eigenvalue weighted by atomic mass is 9.82. The van der Waals surface area contributed by atoms with Crippen LogP contribution in [0.4, 0.5) is 0 Å². The molecule has 0 saturated carbocycles. The molecule has 0 radical (unpaired) electrons. The van der Waals surface area contributed by atoms with E-state index in [1.54, 1.807) is 16.5 Å². The Bertz CT molecular complexity index is 1820. The van der Waals surface area contributed by atoms with Crippen molar-refractivity contribution in [2.24, 2.45) is 27.7 Å². The van der Waals surface area contributed by atoms with Gasteiger partial charge in [-0.2, -0.15) is 0 Å². The number of thioether (sulfide) groups is 1. The summed E-state index contributed by atoms with van der Waals surface area (Å²) in [5.41, 5.74) is -0.663. The minimum Gasteiger partial charge on any atom is -0.360 e. The molecule has 2 aromatic rings. The largest absolute Gasteiger partial charge is 0.360 e. The molecular weight excluding hydrogens is 789 g/mol. The van der Waals surface area contributed by atoms with E-state index in [1.807, 2.05) is 106 Å². The lowest BCUT2D eigenvalue weighted by molar-refractivity contribution is -0.140. The number of benzene rings is 1. The molecular formula is C43H64N8O6S2. The highest BCUT2D eigenvalue weighted by Gasteiger charge is 2.44. The number of rotatable bonds is 12. The minimum absolute atomic E-state index is 0.0290. The Balaban J connectivity index is 1.75. The maximum Gasteiger partial charge on any atom is 0.244 e. The fourth-order valence-corrected chi connectivity index (χ4v) is 8.77. The average Bonchev–Trinajstić information content (AvgIpc) is 3.84. The fourth-order valence-electron chi connectivity index (χ4n) is 7.47. The molecule has 5 N–H and O–H groups in total. The van der Waals surface area contributed by atoms with E-state index in [0.717, 1.165) is 5.56 Å². The van der Waals surface area contributed by atoms with Gasteiger partial charge < -0.3 is 31.5 Å². The maximum atomic E-state index is 14.8. The van der Waals surface area contributed by atoms with Gasteiger partial charge in [0, 0.05) is 30.5 Å². The third-order valence-electron chi connectivity index (χ3n) is 10.9. The molecule has 3 heterocycles. The van der Waals surface area contributed by atoms with Crippen molar-refractivity contribution in [3.05, 3.63) is 52.5 Å². The number of hydrogen-bond donors (Lipinski definition) is 5. The molecule has 2 aliphatic rings. The second-order valence-electron chi connectivity index (χ2n) is 18.1. The van der Waals surface area contributed by atoms with Crippen LogP contribution in [0.25, 0.3) is 0 Å². The van der Waals surface area contributed by atoms with Crippen LogP contribution in [0, 0.1) is 22.7 Å². The van der Waals surface area contributed by atoms with Crippen LogP contribution >= 0.6 is 23.1 Å². The van der Waals surface area contributed by atoms with Gasteiger partial charge >= 0.3 is 0 Å². The van der Waals surface area contributed by atoms with Crippen molar-refractivity contribution in [2.45, 2.75) is 131 Å². The maximum absolute atomic E-state index is 14.8. The summed E-state index contributed by atoms with van der Waals surface area (Å²) in [6.45, 7) is 20.8. The number of carbonyl (C=O) groups excluding carboxylic acids is 6. The Morgan fingerprint density at radius 2 is 1.64 bits per heavy atom. The zero-order valence-electron chi connectivity index (χ0n) is 36.4. The van der Waals surface area contributed by atoms with Gasteiger partial charge in [-0.25, -0.2) is 4.98 Å². The van der Waals surface area contributed by atoms with E-state index in [2.05, 4.69) is 31.6 Å². The number of carbonyl (C=O) groups is 6. The molecule has 0 bridgehead atoms. The van der Waals surface area contributed by atoms with Gasteiger partial charge in [-0.3, -0.25) is 33.8 Å². The molecule has 3 unspecified atom stereocenters. The van der Waals surface area contributed by atoms with Crippen molar-refractivity contribution in [3.8, 4) is 0 Å². The standard InChI is InChI=1S/C43H64N8O6S2/c1-12-58-30(53)22-28(41-44-19-21-59-41)46-38(55)32(26(5)27-16-14-13-15-17-27)48-40(57)35(43(9,10)11)49-36-34(42(6,7)8)50-37(54)31(24(2)3)47-39(56)33-25(4)18-20-51(33)29(52)23-45-36/h13-17,19,21,24-26,28,31-35H,12,18,20,22-23H2,1-11H3,(H,45,49)(H,46,55)(H,47,56)(H,48,57)(H,50,54)/t25-,26+,28-,31+,32?,33+,34?,35?/m1/s1. The molecule has 1 saturated heterocycles. The Hall–Kier alpha value is -4.31. The van der Waals surface area contributed by atoms with E-state index in [1.165, 1.54) is 23.1 Å². The van der Waals surface area contributed by atoms with Crippen molar-refractivity contribution < 1.29 is 28.8 Å². The number of aromatic nitrogens is 1. The SMILES string of the molecule is CCSC(=O)C[C@@H](NC(=O)C(NC(=O)C(NC1=NCC(=O)N2CC[C@@H](C)[C@H]2C(=O)N[C@@H](C(C)C)C(=O)NC1C(C)(C)C)C(C)(C)C)[C@@H](C)c1ccccc1)c1nccs1. The van der Waals surface area contributed by atoms with E-state index in [4.69, 9.17) is 4.99 Å². The van der Waals surface area contributed by atoms with Gasteiger partial charge in [0.25, 0.3) is 0 Å². The van der Waals surface area contributed by atoms with Crippen LogP contribution in [0.1, 0.15) is 112 Å². The Morgan fingerprint density at radius 1 is 0.966 bits per heavy atom. The van der Waals surface area contributed by atoms with Gasteiger partial charge in [-0.1, -0.05) is 118 Å². The molecule has 324 valence electrons. The summed E-state index contributed by atoms with van der Waals surface area (Å²) >= 11 is 2.51. The monoisotopic (exact) mass is 852 g/mol. The molecule has 0 aliphatic carbocycles. The molecule has 2 aliphatic heterocycles. The molecule has 59 heavy (non-hydrogen) atoms. The summed E-state index contributed by atoms with van der Waals surface area (Å²) in [6, 6.07) is 4.10. The second-order valence-corrected chi connectivity index (χ2v) is 20.4. The number of amidine groups is 1. The van der Waals surface area contributed by atoms with Crippen LogP contribution < -0.4 is 26.6 Å². The van der Waals surface area contributed by atoms with Crippen LogP contribution in [0.15, 0.2) is 46.9 Å². The van der Waals surface area contributed by atoms with Crippen molar-refractivity contribution in [1.82, 2.24) is 36.5 Å². The molecule has 1 fully saturated rings. The highest BCUT2D eigenvalue weighted by atomic mass is 32.2. The van der Waals surface area contributed by atoms with Crippen molar-refractivity contribution in [1.29, 1.82) is 0 Å². The third kappa shape index (κ3) is 12.4. The first kappa shape index (κ1) is 47.4. The van der Waals surface area contributed by atoms with Gasteiger partial charge in [-0.05, 0) is 40.4 Å². The van der Waals surface area contributed by atoms with Crippen LogP contribution in [-0.4, -0.2) is 99.4 Å². The molecule has 0 spiro atoms. The molecule has 1 aromatic heterocycles. The molecule has 16 heteroatoms. The summed E-state index contributed by atoms with van der Waals surface area (Å²) in [7, 11) is 0. The number of aliphatic imine (C=N–C) groups is 1. The summed E-state index contributed by atoms with van der Waals surface area (Å²) < 4.78 is 0. The van der Waals surface area contributed by atoms with Crippen LogP contribution in [0.5, 0.6) is 0 Å². The smallest absolute Gasteiger partial charge is 0.244 e. The predicted octanol–water partition coefficient (Wildman–Crippen LogP) is 4.58. The molecule has 4 rings (SSSR count). The normalized spacial score (nSPS) is 22.7. The van der Waals surface area contributed by atoms with Crippen molar-refractivity contribution >= 4 is 63.6 Å². The van der Waals surface area contributed by atoms with Gasteiger partial charge in [0.2, 0.25) is 29.5 Å². The Labute approximate surface area is 357 Å². The molecule has 14 nitrogen and oxygen atoms in total. The van der Waals surface area contributed by atoms with Crippen molar-refractivity contribution in [2.75, 3.05) is 18.8 Å². The Morgan fingerprint density at radius 3 is 2.22 bits per heavy atom. The lowest BCUT2D eigenvalue weighted by Crippen LogP contribution is -2.65. The number of amides is 5. The van der Waals surface area contributed by atoms with Crippen LogP contribution in [0.2, 0.25) is 0 Å². The molecule has 8 atom stereocenters. The van der Waals surface area contributed by atoms with E-state index >= 15 is 0 Å². The minimum atomic E-state index is -1.09. The number of thiazole rings is 1. The van der Waals surface area contributed by atoms with Gasteiger partial charge in [0.1, 0.15) is 41.6 Å². The number of fused-ring (bicyclic) bond motifs is 1. The molecule has 5 amide bonds. The zero-order chi connectivity index (χ0) is 43.8. The van der Waals surface area contributed by atoms with E-state index in [9.17, 15) is 28.8 Å². The molecule has 1 aromatic carbocycles. The lowest BCUT2D eigenvalue weighted by Gasteiger charge is -2.39. The van der Waals surface area contributed by atoms with Gasteiger partial charge in [-0.15, -0.1) is 11.3 Å². The second kappa shape index (κ2) is 20.3. The van der Waals surface area contributed by atoms with E-state index < -0.39 is 70.7 Å². The first-order valence-electron chi connectivity index (χ1n) is 20.6. The first-order valence-corrected chi connectivity index (χ1v) is 22.4. The predicted molar refractivity (Wildman–Crippen MR) is 234 cm³/mol. The first-order chi connectivity index (χ1) is 27.6. The summed E-state index contributed by atoms with van der Waals surface area (Å²) in [4.78, 5) is 94.6. The number of hydrogen-bond acceptors (Lipinski definition) is 11. The van der Waals surface area contributed by atoms with Gasteiger partial charge in [0.05, 0.1) is 12.1 Å². The number of nitrogens with zero attached hydrogens (tertiary/aromatic N) is 3. The van der Waals surface area contributed by atoms with Crippen LogP contribution in [-0.2, 0) is 28.8 Å². The zero-order valence-corrected chi connectivity index (χ0v) is 38.0. The summed E-state index contributed by atoms with van der Waals surface area (Å²) in [5.74, 6) is -2.21. The quantitative estimate of drug-likeness (QED) is 0.204. The van der Waals surface area contributed by atoms with Crippen molar-refractivity contribution in [3.63, 3.8) is 0 Å². The number of nitrogens with one attached hydrogen (secondary N) is 5. The highest BCUT2D eigenvalue weighted by molar-refractivity contribution is 8.13. The van der Waals surface area contributed by atoms with Crippen LogP contribution in [0.3, 0.4) is 0 Å². The van der Waals surface area contributed by atoms with Gasteiger partial charge in [0.15, 0.2) is 5.12 Å². The highest BCUT2D eigenvalue weighted by Crippen LogP contribution is 2.29. The topological polar surface area (TPSA) is 191 Å².